The van der Waals surface area contributed by atoms with Crippen molar-refractivity contribution in [1.29, 1.82) is 0 Å². The summed E-state index contributed by atoms with van der Waals surface area (Å²) < 4.78 is 47.7. The molecule has 16 heteroatoms. The maximum Gasteiger partial charge on any atom is 0.472 e. The first-order valence-electron chi connectivity index (χ1n) is 22.7. The Morgan fingerprint density at radius 1 is 0.531 bits per heavy atom. The van der Waals surface area contributed by atoms with Crippen LogP contribution in [0.2, 0.25) is 0 Å². The van der Waals surface area contributed by atoms with Crippen molar-refractivity contribution in [2.45, 2.75) is 154 Å². The summed E-state index contributed by atoms with van der Waals surface area (Å²) in [6.07, 6.45) is 48.2. The van der Waals surface area contributed by atoms with Crippen molar-refractivity contribution in [1.82, 2.24) is 0 Å². The number of carbonyl (C=O) groups is 2. The second-order valence-electron chi connectivity index (χ2n) is 14.8. The summed E-state index contributed by atoms with van der Waals surface area (Å²) in [5.74, 6) is -1.25. The van der Waals surface area contributed by atoms with E-state index < -0.39 is 72.3 Å². The van der Waals surface area contributed by atoms with Crippen molar-refractivity contribution >= 4 is 27.6 Å². The lowest BCUT2D eigenvalue weighted by atomic mass is 10.1. The van der Waals surface area contributed by atoms with Crippen LogP contribution >= 0.6 is 15.6 Å². The highest BCUT2D eigenvalue weighted by atomic mass is 31.2. The van der Waals surface area contributed by atoms with E-state index >= 15 is 0 Å². The molecule has 0 aromatic rings. The van der Waals surface area contributed by atoms with Crippen LogP contribution in [0.3, 0.4) is 0 Å². The Balaban J connectivity index is 4.76. The second-order valence-corrected chi connectivity index (χ2v) is 17.5. The summed E-state index contributed by atoms with van der Waals surface area (Å²) in [4.78, 5) is 52.7. The van der Waals surface area contributed by atoms with Gasteiger partial charge in [0.15, 0.2) is 6.10 Å². The smallest absolute Gasteiger partial charge is 0.462 e. The molecular formula is C48H78O14P2. The van der Waals surface area contributed by atoms with E-state index in [4.69, 9.17) is 23.8 Å². The minimum absolute atomic E-state index is 0.0230. The molecule has 0 aromatic carbocycles. The molecule has 0 amide bonds. The molecule has 4 atom stereocenters. The lowest BCUT2D eigenvalue weighted by Crippen LogP contribution is -2.29. The molecule has 0 aliphatic heterocycles. The third-order valence-electron chi connectivity index (χ3n) is 8.73. The SMILES string of the molecule is CC/C=C\C/C=C\C/C=C\C/C=C\C=C/C(O)C/C=C\CCC(=O)OC[C@H](COP(=O)(O)OC[C@@H](O)COP(=O)(O)O)OC(=O)CCCCCC/C=C\C/C=C\C/C=C\CCCCC. The Hall–Kier alpha value is -3.26. The van der Waals surface area contributed by atoms with Crippen LogP contribution in [0.15, 0.2) is 109 Å². The molecule has 0 aliphatic rings. The minimum atomic E-state index is -4.89. The molecule has 0 fully saturated rings. The van der Waals surface area contributed by atoms with E-state index in [2.05, 4.69) is 95.8 Å². The summed E-state index contributed by atoms with van der Waals surface area (Å²) in [5.41, 5.74) is 0. The monoisotopic (exact) mass is 940 g/mol. The molecule has 0 aliphatic carbocycles. The Morgan fingerprint density at radius 2 is 1.06 bits per heavy atom. The standard InChI is InChI=1S/C48H78O14P2/c1-3-5-7-9-11-13-15-17-18-19-20-22-24-26-28-30-34-39-48(52)62-46(43-61-64(56,57)60-41-45(50)40-59-63(53,54)55)42-58-47(51)38-35-31-33-37-44(49)36-32-29-27-25-23-21-16-14-12-10-8-6-4-2/h6,8,11-14,17-18,20-23,27,29,31-33,36,44-46,49-50H,3-5,7,9-10,15-16,19,24-26,28,30,34-35,37-43H2,1-2H3,(H,56,57)(H2,53,54,55)/b8-6-,13-11-,14-12-,18-17-,22-20-,23-21-,29-27-,33-31-,36-32-/t44?,45-,46+/m0/s1. The normalized spacial score (nSPS) is 15.4. The molecule has 364 valence electrons. The van der Waals surface area contributed by atoms with Gasteiger partial charge in [0.1, 0.15) is 12.7 Å². The first-order valence-corrected chi connectivity index (χ1v) is 25.7. The average Bonchev–Trinajstić information content (AvgIpc) is 3.25. The summed E-state index contributed by atoms with van der Waals surface area (Å²) in [6, 6.07) is 0. The van der Waals surface area contributed by atoms with Crippen LogP contribution in [0, 0.1) is 0 Å². The van der Waals surface area contributed by atoms with E-state index in [1.807, 2.05) is 12.2 Å². The van der Waals surface area contributed by atoms with E-state index in [1.165, 1.54) is 19.3 Å². The number of phosphoric acid groups is 2. The quantitative estimate of drug-likeness (QED) is 0.0127. The number of hydrogen-bond acceptors (Lipinski definition) is 11. The van der Waals surface area contributed by atoms with Gasteiger partial charge in [-0.05, 0) is 83.5 Å². The highest BCUT2D eigenvalue weighted by Gasteiger charge is 2.28. The first kappa shape index (κ1) is 60.7. The summed E-state index contributed by atoms with van der Waals surface area (Å²) in [5, 5.41) is 20.0. The van der Waals surface area contributed by atoms with E-state index in [1.54, 1.807) is 24.3 Å². The maximum atomic E-state index is 12.7. The van der Waals surface area contributed by atoms with E-state index in [0.717, 1.165) is 70.6 Å². The predicted molar refractivity (Wildman–Crippen MR) is 254 cm³/mol. The predicted octanol–water partition coefficient (Wildman–Crippen LogP) is 10.9. The highest BCUT2D eigenvalue weighted by molar-refractivity contribution is 7.47. The van der Waals surface area contributed by atoms with Gasteiger partial charge in [-0.3, -0.25) is 23.2 Å². The molecule has 0 rings (SSSR count). The van der Waals surface area contributed by atoms with Gasteiger partial charge >= 0.3 is 27.6 Å². The molecule has 0 aromatic heterocycles. The fourth-order valence-electron chi connectivity index (χ4n) is 5.29. The van der Waals surface area contributed by atoms with Crippen molar-refractivity contribution in [2.75, 3.05) is 26.4 Å². The van der Waals surface area contributed by atoms with E-state index in [9.17, 15) is 33.8 Å². The summed E-state index contributed by atoms with van der Waals surface area (Å²) in [6.45, 7) is 1.38. The fourth-order valence-corrected chi connectivity index (χ4v) is 6.44. The van der Waals surface area contributed by atoms with Crippen LogP contribution in [-0.4, -0.2) is 81.6 Å². The van der Waals surface area contributed by atoms with Crippen molar-refractivity contribution < 1.29 is 66.7 Å². The highest BCUT2D eigenvalue weighted by Crippen LogP contribution is 2.43. The van der Waals surface area contributed by atoms with Crippen LogP contribution < -0.4 is 0 Å². The van der Waals surface area contributed by atoms with Gasteiger partial charge in [-0.1, -0.05) is 149 Å². The number of allylic oxidation sites excluding steroid dienone is 16. The van der Waals surface area contributed by atoms with Crippen molar-refractivity contribution in [3.05, 3.63) is 109 Å². The zero-order chi connectivity index (χ0) is 47.4. The van der Waals surface area contributed by atoms with Crippen LogP contribution in [0.4, 0.5) is 0 Å². The number of aliphatic hydroxyl groups is 2. The largest absolute Gasteiger partial charge is 0.472 e. The number of hydrogen-bond donors (Lipinski definition) is 5. The zero-order valence-electron chi connectivity index (χ0n) is 38.2. The molecule has 0 spiro atoms. The second kappa shape index (κ2) is 42.4. The molecule has 0 radical (unpaired) electrons. The molecule has 2 unspecified atom stereocenters. The number of esters is 2. The zero-order valence-corrected chi connectivity index (χ0v) is 40.0. The van der Waals surface area contributed by atoms with Gasteiger partial charge in [0.25, 0.3) is 0 Å². The molecule has 14 nitrogen and oxygen atoms in total. The molecule has 0 saturated heterocycles. The average molecular weight is 941 g/mol. The molecule has 5 N–H and O–H groups in total. The van der Waals surface area contributed by atoms with E-state index in [-0.39, 0.29) is 12.8 Å². The topological polar surface area (TPSA) is 216 Å². The number of ether oxygens (including phenoxy) is 2. The third-order valence-corrected chi connectivity index (χ3v) is 10.2. The minimum Gasteiger partial charge on any atom is -0.462 e. The van der Waals surface area contributed by atoms with Gasteiger partial charge in [-0.2, -0.15) is 0 Å². The fraction of sp³-hybridized carbons (Fsp3) is 0.583. The van der Waals surface area contributed by atoms with Gasteiger partial charge in [0, 0.05) is 12.8 Å². The van der Waals surface area contributed by atoms with Gasteiger partial charge in [0.05, 0.1) is 25.9 Å². The van der Waals surface area contributed by atoms with Crippen molar-refractivity contribution in [3.63, 3.8) is 0 Å². The van der Waals surface area contributed by atoms with Gasteiger partial charge in [-0.15, -0.1) is 0 Å². The summed E-state index contributed by atoms with van der Waals surface area (Å²) in [7, 11) is -9.75. The number of phosphoric ester groups is 2. The van der Waals surface area contributed by atoms with Crippen molar-refractivity contribution in [2.24, 2.45) is 0 Å². The lowest BCUT2D eigenvalue weighted by Gasteiger charge is -2.20. The van der Waals surface area contributed by atoms with Gasteiger partial charge in [0.2, 0.25) is 0 Å². The first-order chi connectivity index (χ1) is 30.8. The number of aliphatic hydroxyl groups excluding tert-OH is 2. The molecule has 0 heterocycles. The maximum absolute atomic E-state index is 12.7. The number of rotatable bonds is 41. The lowest BCUT2D eigenvalue weighted by molar-refractivity contribution is -0.161. The molecule has 0 saturated carbocycles. The molecule has 64 heavy (non-hydrogen) atoms. The third kappa shape index (κ3) is 45.3. The van der Waals surface area contributed by atoms with Crippen LogP contribution in [0.1, 0.15) is 136 Å². The summed E-state index contributed by atoms with van der Waals surface area (Å²) >= 11 is 0. The van der Waals surface area contributed by atoms with Crippen molar-refractivity contribution in [3.8, 4) is 0 Å². The Labute approximate surface area is 383 Å². The van der Waals surface area contributed by atoms with E-state index in [0.29, 0.717) is 19.3 Å². The van der Waals surface area contributed by atoms with Gasteiger partial charge in [-0.25, -0.2) is 9.13 Å². The Bertz CT molecular complexity index is 1560. The molecule has 0 bridgehead atoms. The number of unbranched alkanes of at least 4 members (excludes halogenated alkanes) is 7. The Kier molecular flexibility index (Phi) is 40.2. The van der Waals surface area contributed by atoms with Gasteiger partial charge < -0.3 is 34.4 Å². The molecular weight excluding hydrogens is 862 g/mol. The van der Waals surface area contributed by atoms with Crippen LogP contribution in [-0.2, 0) is 41.8 Å². The van der Waals surface area contributed by atoms with Crippen LogP contribution in [0.25, 0.3) is 0 Å². The number of carbonyl (C=O) groups excluding carboxylic acids is 2. The van der Waals surface area contributed by atoms with Crippen LogP contribution in [0.5, 0.6) is 0 Å². The Morgan fingerprint density at radius 3 is 1.67 bits per heavy atom.